The van der Waals surface area contributed by atoms with Crippen LogP contribution in [0.25, 0.3) is 6.08 Å². The second-order valence-corrected chi connectivity index (χ2v) is 7.23. The molecule has 0 aliphatic carbocycles. The summed E-state index contributed by atoms with van der Waals surface area (Å²) in [4.78, 5) is 11.9. The lowest BCUT2D eigenvalue weighted by molar-refractivity contribution is -0.401. The van der Waals surface area contributed by atoms with E-state index >= 15 is 0 Å². The molecular formula is C23H26NO4+. The molecule has 0 amide bonds. The molecule has 1 aliphatic rings. The quantitative estimate of drug-likeness (QED) is 0.576. The van der Waals surface area contributed by atoms with Crippen LogP contribution in [0.5, 0.6) is 11.5 Å². The summed E-state index contributed by atoms with van der Waals surface area (Å²) >= 11 is 0. The molecule has 0 atom stereocenters. The molecule has 28 heavy (non-hydrogen) atoms. The van der Waals surface area contributed by atoms with Crippen LogP contribution in [0, 0.1) is 0 Å². The molecule has 0 saturated heterocycles. The largest absolute Gasteiger partial charge is 0.497 e. The molecule has 0 N–H and O–H groups in total. The Kier molecular flexibility index (Phi) is 5.27. The van der Waals surface area contributed by atoms with Crippen molar-refractivity contribution >= 4 is 23.4 Å². The van der Waals surface area contributed by atoms with Crippen molar-refractivity contribution in [3.05, 3.63) is 59.2 Å². The zero-order chi connectivity index (χ0) is 20.5. The van der Waals surface area contributed by atoms with Crippen LogP contribution in [-0.4, -0.2) is 44.6 Å². The van der Waals surface area contributed by atoms with Gasteiger partial charge in [-0.25, -0.2) is 4.79 Å². The zero-order valence-corrected chi connectivity index (χ0v) is 17.2. The smallest absolute Gasteiger partial charge is 0.337 e. The molecule has 3 rings (SSSR count). The van der Waals surface area contributed by atoms with E-state index in [4.69, 9.17) is 14.2 Å². The van der Waals surface area contributed by atoms with E-state index in [0.29, 0.717) is 5.56 Å². The molecule has 1 aliphatic heterocycles. The van der Waals surface area contributed by atoms with Crippen LogP contribution in [0.3, 0.4) is 0 Å². The summed E-state index contributed by atoms with van der Waals surface area (Å²) in [5, 5.41) is 0. The first-order valence-electron chi connectivity index (χ1n) is 9.07. The number of carbonyl (C=O) groups is 1. The van der Waals surface area contributed by atoms with Crippen molar-refractivity contribution in [1.29, 1.82) is 0 Å². The third-order valence-corrected chi connectivity index (χ3v) is 5.32. The Morgan fingerprint density at radius 3 is 2.39 bits per heavy atom. The maximum Gasteiger partial charge on any atom is 0.337 e. The molecule has 2 aromatic rings. The summed E-state index contributed by atoms with van der Waals surface area (Å²) in [5.74, 6) is 1.18. The van der Waals surface area contributed by atoms with Crippen molar-refractivity contribution in [2.24, 2.45) is 0 Å². The van der Waals surface area contributed by atoms with Gasteiger partial charge in [-0.1, -0.05) is 0 Å². The summed E-state index contributed by atoms with van der Waals surface area (Å²) in [6.45, 7) is 4.31. The minimum atomic E-state index is -0.326. The minimum absolute atomic E-state index is 0.260. The molecule has 0 bridgehead atoms. The molecule has 0 saturated carbocycles. The molecular weight excluding hydrogens is 354 g/mol. The van der Waals surface area contributed by atoms with Gasteiger partial charge >= 0.3 is 5.97 Å². The lowest BCUT2D eigenvalue weighted by atomic mass is 9.80. The fourth-order valence-corrected chi connectivity index (χ4v) is 3.71. The Balaban J connectivity index is 2.00. The predicted molar refractivity (Wildman–Crippen MR) is 110 cm³/mol. The minimum Gasteiger partial charge on any atom is -0.497 e. The predicted octanol–water partition coefficient (Wildman–Crippen LogP) is 4.21. The van der Waals surface area contributed by atoms with Gasteiger partial charge in [0, 0.05) is 29.3 Å². The number of hydrogen-bond acceptors (Lipinski definition) is 4. The monoisotopic (exact) mass is 380 g/mol. The SMILES string of the molecule is COC(=O)c1ccc2c(c1)C(C)(C)C(C=Cc1ccc(OC)cc1OC)=[N+]2C. The topological polar surface area (TPSA) is 47.8 Å². The van der Waals surface area contributed by atoms with E-state index in [9.17, 15) is 4.79 Å². The van der Waals surface area contributed by atoms with Crippen LogP contribution in [0.2, 0.25) is 0 Å². The van der Waals surface area contributed by atoms with Crippen molar-refractivity contribution in [2.75, 3.05) is 28.4 Å². The van der Waals surface area contributed by atoms with E-state index in [-0.39, 0.29) is 11.4 Å². The first-order chi connectivity index (χ1) is 13.3. The van der Waals surface area contributed by atoms with Crippen LogP contribution in [0.1, 0.15) is 35.3 Å². The molecule has 0 fully saturated rings. The molecule has 1 heterocycles. The Morgan fingerprint density at radius 1 is 1.00 bits per heavy atom. The lowest BCUT2D eigenvalue weighted by Crippen LogP contribution is -2.26. The van der Waals surface area contributed by atoms with Crippen molar-refractivity contribution in [3.63, 3.8) is 0 Å². The highest BCUT2D eigenvalue weighted by Gasteiger charge is 2.43. The summed E-state index contributed by atoms with van der Waals surface area (Å²) in [6, 6.07) is 11.4. The van der Waals surface area contributed by atoms with Crippen molar-refractivity contribution in [1.82, 2.24) is 0 Å². The van der Waals surface area contributed by atoms with E-state index < -0.39 is 0 Å². The first-order valence-corrected chi connectivity index (χ1v) is 9.07. The van der Waals surface area contributed by atoms with Crippen LogP contribution in [0.15, 0.2) is 42.5 Å². The Hall–Kier alpha value is -3.08. The third kappa shape index (κ3) is 3.28. The van der Waals surface area contributed by atoms with Gasteiger partial charge in [-0.2, -0.15) is 4.58 Å². The molecule has 0 aromatic heterocycles. The summed E-state index contributed by atoms with van der Waals surface area (Å²) in [6.07, 6.45) is 4.14. The fourth-order valence-electron chi connectivity index (χ4n) is 3.71. The average molecular weight is 380 g/mol. The average Bonchev–Trinajstić information content (AvgIpc) is 2.90. The van der Waals surface area contributed by atoms with Gasteiger partial charge in [-0.3, -0.25) is 0 Å². The highest BCUT2D eigenvalue weighted by atomic mass is 16.5. The van der Waals surface area contributed by atoms with Crippen LogP contribution >= 0.6 is 0 Å². The number of carbonyl (C=O) groups excluding carboxylic acids is 1. The maximum absolute atomic E-state index is 11.9. The van der Waals surface area contributed by atoms with Crippen LogP contribution < -0.4 is 9.47 Å². The van der Waals surface area contributed by atoms with Crippen molar-refractivity contribution in [3.8, 4) is 11.5 Å². The van der Waals surface area contributed by atoms with Gasteiger partial charge in [0.25, 0.3) is 0 Å². The van der Waals surface area contributed by atoms with E-state index in [0.717, 1.165) is 34.0 Å². The van der Waals surface area contributed by atoms with E-state index in [1.54, 1.807) is 20.3 Å². The standard InChI is InChI=1S/C23H26NO4/c1-23(2)18-13-16(22(25)28-6)8-11-19(18)24(3)21(23)12-9-15-7-10-17(26-4)14-20(15)27-5/h7-14H,1-6H3/q+1. The number of rotatable bonds is 5. The number of nitrogens with zero attached hydrogens (tertiary/aromatic N) is 1. The number of methoxy groups -OCH3 is 3. The normalized spacial score (nSPS) is 14.9. The number of benzene rings is 2. The summed E-state index contributed by atoms with van der Waals surface area (Å²) in [7, 11) is 6.72. The Morgan fingerprint density at radius 2 is 1.75 bits per heavy atom. The number of esters is 1. The molecule has 0 spiro atoms. The molecule has 5 nitrogen and oxygen atoms in total. The van der Waals surface area contributed by atoms with E-state index in [2.05, 4.69) is 24.5 Å². The first kappa shape index (κ1) is 19.7. The third-order valence-electron chi connectivity index (χ3n) is 5.32. The lowest BCUT2D eigenvalue weighted by Gasteiger charge is -2.16. The van der Waals surface area contributed by atoms with E-state index in [1.807, 2.05) is 43.5 Å². The van der Waals surface area contributed by atoms with Gasteiger partial charge in [0.2, 0.25) is 5.69 Å². The van der Waals surface area contributed by atoms with Gasteiger partial charge in [-0.15, -0.1) is 0 Å². The van der Waals surface area contributed by atoms with Gasteiger partial charge in [0.05, 0.1) is 32.3 Å². The number of fused-ring (bicyclic) bond motifs is 1. The second kappa shape index (κ2) is 7.50. The summed E-state index contributed by atoms with van der Waals surface area (Å²) in [5.41, 5.74) is 4.57. The molecule has 0 radical (unpaired) electrons. The Bertz CT molecular complexity index is 986. The van der Waals surface area contributed by atoms with Gasteiger partial charge in [-0.05, 0) is 44.2 Å². The van der Waals surface area contributed by atoms with Crippen molar-refractivity contribution in [2.45, 2.75) is 19.3 Å². The molecule has 2 aromatic carbocycles. The van der Waals surface area contributed by atoms with E-state index in [1.165, 1.54) is 7.11 Å². The second-order valence-electron chi connectivity index (χ2n) is 7.23. The number of ether oxygens (including phenoxy) is 3. The fraction of sp³-hybridized carbons (Fsp3) is 0.304. The van der Waals surface area contributed by atoms with Gasteiger partial charge in [0.1, 0.15) is 18.5 Å². The summed E-state index contributed by atoms with van der Waals surface area (Å²) < 4.78 is 17.8. The highest BCUT2D eigenvalue weighted by molar-refractivity contribution is 6.06. The highest BCUT2D eigenvalue weighted by Crippen LogP contribution is 2.40. The molecule has 0 unspecified atom stereocenters. The Labute approximate surface area is 165 Å². The molecule has 146 valence electrons. The molecule has 5 heteroatoms. The van der Waals surface area contributed by atoms with Gasteiger partial charge in [0.15, 0.2) is 5.71 Å². The number of allylic oxidation sites excluding steroid dienone is 1. The van der Waals surface area contributed by atoms with Crippen molar-refractivity contribution < 1.29 is 23.6 Å². The van der Waals surface area contributed by atoms with Gasteiger partial charge < -0.3 is 14.2 Å². The van der Waals surface area contributed by atoms with Crippen LogP contribution in [-0.2, 0) is 10.2 Å². The maximum atomic E-state index is 11.9. The number of hydrogen-bond donors (Lipinski definition) is 0. The zero-order valence-electron chi connectivity index (χ0n) is 17.2. The van der Waals surface area contributed by atoms with Crippen LogP contribution in [0.4, 0.5) is 5.69 Å².